The Morgan fingerprint density at radius 3 is 2.66 bits per heavy atom. The first kappa shape index (κ1) is 22.1. The lowest BCUT2D eigenvalue weighted by molar-refractivity contribution is -0.116. The molecular weight excluding hydrogens is 456 g/mol. The number of rotatable bonds is 6. The van der Waals surface area contributed by atoms with Crippen molar-refractivity contribution in [2.45, 2.75) is 30.7 Å². The summed E-state index contributed by atoms with van der Waals surface area (Å²) < 4.78 is 33.4. The van der Waals surface area contributed by atoms with Crippen molar-refractivity contribution >= 4 is 44.3 Å². The number of oxazole rings is 1. The zero-order chi connectivity index (χ0) is 22.9. The molecule has 1 amide bonds. The lowest BCUT2D eigenvalue weighted by Gasteiger charge is -2.15. The van der Waals surface area contributed by atoms with Gasteiger partial charge in [0.25, 0.3) is 0 Å². The average Bonchev–Trinajstić information content (AvgIpc) is 3.41. The second-order valence-corrected chi connectivity index (χ2v) is 9.71. The molecule has 4 rings (SSSR count). The third-order valence-electron chi connectivity index (χ3n) is 5.28. The molecule has 1 N–H and O–H groups in total. The maximum atomic E-state index is 12.7. The first-order valence-electron chi connectivity index (χ1n) is 9.92. The number of nitrogens with one attached hydrogen (secondary N) is 1. The molecule has 11 heteroatoms. The minimum absolute atomic E-state index is 0.0348. The van der Waals surface area contributed by atoms with E-state index in [4.69, 9.17) is 21.3 Å². The topological polar surface area (TPSA) is 125 Å². The summed E-state index contributed by atoms with van der Waals surface area (Å²) in [4.78, 5) is 24.7. The molecule has 1 fully saturated rings. The second kappa shape index (κ2) is 8.78. The number of carbonyl (C=O) groups excluding carboxylic acids is 1. The first-order valence-corrected chi connectivity index (χ1v) is 11.7. The van der Waals surface area contributed by atoms with Crippen LogP contribution in [-0.2, 0) is 21.4 Å². The fourth-order valence-corrected chi connectivity index (χ4v) is 5.31. The van der Waals surface area contributed by atoms with E-state index in [1.54, 1.807) is 6.07 Å². The van der Waals surface area contributed by atoms with Crippen molar-refractivity contribution in [3.8, 4) is 6.07 Å². The number of sulfonamides is 1. The van der Waals surface area contributed by atoms with E-state index < -0.39 is 15.8 Å². The second-order valence-electron chi connectivity index (χ2n) is 7.36. The van der Waals surface area contributed by atoms with Crippen LogP contribution in [0.3, 0.4) is 0 Å². The Balaban J connectivity index is 1.50. The molecule has 9 nitrogen and oxygen atoms in total. The molecule has 2 heterocycles. The number of amides is 1. The van der Waals surface area contributed by atoms with Gasteiger partial charge in [0.05, 0.1) is 21.0 Å². The van der Waals surface area contributed by atoms with E-state index >= 15 is 0 Å². The molecule has 0 spiro atoms. The number of hydrogen-bond acceptors (Lipinski definition) is 6. The number of carbonyl (C=O) groups is 1. The Labute approximate surface area is 188 Å². The largest absolute Gasteiger partial charge is 0.419 e. The highest BCUT2D eigenvalue weighted by atomic mass is 35.5. The van der Waals surface area contributed by atoms with Gasteiger partial charge in [-0.15, -0.1) is 0 Å². The van der Waals surface area contributed by atoms with Gasteiger partial charge < -0.3 is 9.73 Å². The van der Waals surface area contributed by atoms with Gasteiger partial charge in [0.1, 0.15) is 6.07 Å². The molecule has 0 aliphatic carbocycles. The van der Waals surface area contributed by atoms with E-state index in [1.807, 2.05) is 6.07 Å². The predicted molar refractivity (Wildman–Crippen MR) is 118 cm³/mol. The molecule has 0 atom stereocenters. The molecule has 1 aromatic heterocycles. The Morgan fingerprint density at radius 1 is 1.19 bits per heavy atom. The monoisotopic (exact) mass is 474 g/mol. The highest BCUT2D eigenvalue weighted by molar-refractivity contribution is 7.89. The summed E-state index contributed by atoms with van der Waals surface area (Å²) in [6, 6.07) is 10.8. The van der Waals surface area contributed by atoms with Crippen molar-refractivity contribution in [1.29, 1.82) is 5.26 Å². The van der Waals surface area contributed by atoms with Crippen LogP contribution in [-0.4, -0.2) is 36.3 Å². The summed E-state index contributed by atoms with van der Waals surface area (Å²) in [5, 5.41) is 12.0. The van der Waals surface area contributed by atoms with Crippen molar-refractivity contribution in [3.05, 3.63) is 57.5 Å². The molecule has 0 saturated carbocycles. The van der Waals surface area contributed by atoms with Crippen LogP contribution in [0.1, 0.15) is 24.8 Å². The molecule has 2 aromatic carbocycles. The number of halogens is 1. The van der Waals surface area contributed by atoms with Crippen LogP contribution >= 0.6 is 11.6 Å². The first-order chi connectivity index (χ1) is 15.3. The molecule has 32 heavy (non-hydrogen) atoms. The molecule has 1 aliphatic rings. The number of anilines is 1. The molecule has 0 radical (unpaired) electrons. The lowest BCUT2D eigenvalue weighted by atomic mass is 10.2. The molecule has 1 aliphatic heterocycles. The van der Waals surface area contributed by atoms with Gasteiger partial charge in [0.2, 0.25) is 15.9 Å². The fraction of sp³-hybridized carbons (Fsp3) is 0.286. The smallest absolute Gasteiger partial charge is 0.408 e. The average molecular weight is 475 g/mol. The number of fused-ring (bicyclic) bond motifs is 1. The zero-order valence-corrected chi connectivity index (χ0v) is 18.4. The zero-order valence-electron chi connectivity index (χ0n) is 16.9. The van der Waals surface area contributed by atoms with E-state index in [9.17, 15) is 18.0 Å². The minimum atomic E-state index is -3.64. The maximum absolute atomic E-state index is 12.7. The van der Waals surface area contributed by atoms with Crippen LogP contribution in [0.2, 0.25) is 5.02 Å². The highest BCUT2D eigenvalue weighted by Gasteiger charge is 2.28. The highest BCUT2D eigenvalue weighted by Crippen LogP contribution is 2.24. The predicted octanol–water partition coefficient (Wildman–Crippen LogP) is 2.93. The summed E-state index contributed by atoms with van der Waals surface area (Å²) >= 11 is 5.89. The van der Waals surface area contributed by atoms with Crippen molar-refractivity contribution in [2.24, 2.45) is 0 Å². The van der Waals surface area contributed by atoms with Crippen molar-refractivity contribution in [3.63, 3.8) is 0 Å². The van der Waals surface area contributed by atoms with E-state index in [0.717, 1.165) is 12.8 Å². The molecule has 0 bridgehead atoms. The van der Waals surface area contributed by atoms with Gasteiger partial charge in [-0.25, -0.2) is 13.2 Å². The van der Waals surface area contributed by atoms with Crippen molar-refractivity contribution in [1.82, 2.24) is 8.87 Å². The molecule has 1 saturated heterocycles. The third kappa shape index (κ3) is 4.27. The van der Waals surface area contributed by atoms with Crippen LogP contribution in [0.4, 0.5) is 5.69 Å². The quantitative estimate of drug-likeness (QED) is 0.585. The van der Waals surface area contributed by atoms with Gasteiger partial charge in [-0.1, -0.05) is 11.6 Å². The van der Waals surface area contributed by atoms with Crippen LogP contribution in [0.15, 0.2) is 50.5 Å². The Morgan fingerprint density at radius 2 is 1.94 bits per heavy atom. The van der Waals surface area contributed by atoms with Crippen LogP contribution in [0, 0.1) is 11.3 Å². The number of nitriles is 1. The van der Waals surface area contributed by atoms with Gasteiger partial charge in [-0.05, 0) is 43.2 Å². The van der Waals surface area contributed by atoms with Crippen molar-refractivity contribution < 1.29 is 17.6 Å². The summed E-state index contributed by atoms with van der Waals surface area (Å²) in [6.45, 7) is 0.989. The van der Waals surface area contributed by atoms with Gasteiger partial charge in [-0.2, -0.15) is 9.57 Å². The Bertz CT molecular complexity index is 1400. The SMILES string of the molecule is N#Cc1cc(NC(=O)CCn2c(=O)oc3cc(S(=O)(=O)N4CCCC4)ccc32)ccc1Cl. The summed E-state index contributed by atoms with van der Waals surface area (Å²) in [5.74, 6) is -1.05. The normalized spacial score (nSPS) is 14.5. The van der Waals surface area contributed by atoms with Crippen molar-refractivity contribution in [2.75, 3.05) is 18.4 Å². The number of aryl methyl sites for hydroxylation is 1. The van der Waals surface area contributed by atoms with Crippen LogP contribution in [0.25, 0.3) is 11.1 Å². The van der Waals surface area contributed by atoms with Gasteiger partial charge in [0.15, 0.2) is 5.58 Å². The molecule has 0 unspecified atom stereocenters. The lowest BCUT2D eigenvalue weighted by Crippen LogP contribution is -2.27. The minimum Gasteiger partial charge on any atom is -0.408 e. The van der Waals surface area contributed by atoms with Gasteiger partial charge in [0, 0.05) is 37.8 Å². The Hall–Kier alpha value is -3.13. The van der Waals surface area contributed by atoms with Gasteiger partial charge in [-0.3, -0.25) is 9.36 Å². The van der Waals surface area contributed by atoms with E-state index in [1.165, 1.54) is 39.2 Å². The van der Waals surface area contributed by atoms with Gasteiger partial charge >= 0.3 is 5.76 Å². The standard InChI is InChI=1S/C21H19ClN4O5S/c22-17-5-3-15(11-14(17)13-23)24-20(27)7-10-26-18-6-4-16(12-19(18)31-21(26)28)32(29,30)25-8-1-2-9-25/h3-6,11-12H,1-2,7-10H2,(H,24,27). The number of benzene rings is 2. The van der Waals surface area contributed by atoms with Crippen LogP contribution in [0.5, 0.6) is 0 Å². The third-order valence-corrected chi connectivity index (χ3v) is 7.50. The number of aromatic nitrogens is 1. The fourth-order valence-electron chi connectivity index (χ4n) is 3.62. The molecular formula is C21H19ClN4O5S. The number of hydrogen-bond donors (Lipinski definition) is 1. The van der Waals surface area contributed by atoms with Crippen LogP contribution < -0.4 is 11.1 Å². The van der Waals surface area contributed by atoms with E-state index in [-0.39, 0.29) is 39.9 Å². The maximum Gasteiger partial charge on any atom is 0.419 e. The summed E-state index contributed by atoms with van der Waals surface area (Å²) in [6.07, 6.45) is 1.61. The molecule has 166 valence electrons. The summed E-state index contributed by atoms with van der Waals surface area (Å²) in [7, 11) is -3.64. The number of nitrogens with zero attached hydrogens (tertiary/aromatic N) is 3. The van der Waals surface area contributed by atoms with E-state index in [0.29, 0.717) is 24.3 Å². The molecule has 3 aromatic rings. The van der Waals surface area contributed by atoms with E-state index in [2.05, 4.69) is 5.32 Å². The Kier molecular flexibility index (Phi) is 6.06. The summed E-state index contributed by atoms with van der Waals surface area (Å²) in [5.41, 5.74) is 1.20.